The lowest BCUT2D eigenvalue weighted by molar-refractivity contribution is -0.384. The zero-order chi connectivity index (χ0) is 24.7. The van der Waals surface area contributed by atoms with Crippen molar-refractivity contribution in [2.24, 2.45) is 5.10 Å². The van der Waals surface area contributed by atoms with Crippen molar-refractivity contribution in [2.75, 3.05) is 7.11 Å². The molecule has 0 fully saturated rings. The van der Waals surface area contributed by atoms with Crippen LogP contribution in [-0.2, 0) is 17.8 Å². The van der Waals surface area contributed by atoms with Crippen molar-refractivity contribution in [1.82, 2.24) is 5.43 Å². The molecular formula is C25H24IN3O5. The van der Waals surface area contributed by atoms with Gasteiger partial charge in [-0.15, -0.1) is 0 Å². The van der Waals surface area contributed by atoms with Gasteiger partial charge in [0, 0.05) is 12.1 Å². The summed E-state index contributed by atoms with van der Waals surface area (Å²) in [5, 5.41) is 14.9. The van der Waals surface area contributed by atoms with Crippen molar-refractivity contribution in [3.05, 3.63) is 96.1 Å². The third kappa shape index (κ3) is 6.77. The minimum absolute atomic E-state index is 0.0284. The number of hydrazone groups is 1. The number of nitro benzene ring substituents is 1. The second-order valence-electron chi connectivity index (χ2n) is 7.63. The molecule has 0 aliphatic heterocycles. The first kappa shape index (κ1) is 25.2. The molecule has 0 bridgehead atoms. The highest BCUT2D eigenvalue weighted by Gasteiger charge is 2.12. The number of nitro groups is 1. The Morgan fingerprint density at radius 3 is 2.44 bits per heavy atom. The molecule has 0 aromatic heterocycles. The Morgan fingerprint density at radius 1 is 1.09 bits per heavy atom. The number of carbonyl (C=O) groups is 1. The number of halogens is 1. The molecule has 9 heteroatoms. The Bertz CT molecular complexity index is 1230. The maximum absolute atomic E-state index is 12.2. The van der Waals surface area contributed by atoms with Crippen LogP contribution in [0.2, 0.25) is 0 Å². The van der Waals surface area contributed by atoms with Crippen LogP contribution in [0.4, 0.5) is 5.69 Å². The fourth-order valence-electron chi connectivity index (χ4n) is 3.14. The molecule has 0 spiro atoms. The lowest BCUT2D eigenvalue weighted by atomic mass is 10.0. The van der Waals surface area contributed by atoms with E-state index in [1.165, 1.54) is 24.8 Å². The second kappa shape index (κ2) is 11.6. The number of rotatable bonds is 9. The predicted molar refractivity (Wildman–Crippen MR) is 138 cm³/mol. The van der Waals surface area contributed by atoms with Gasteiger partial charge in [0.15, 0.2) is 11.5 Å². The molecule has 1 N–H and O–H groups in total. The van der Waals surface area contributed by atoms with Gasteiger partial charge in [0.1, 0.15) is 6.61 Å². The van der Waals surface area contributed by atoms with Crippen LogP contribution in [-0.4, -0.2) is 24.2 Å². The average molecular weight is 573 g/mol. The predicted octanol–water partition coefficient (Wildman–Crippen LogP) is 5.10. The van der Waals surface area contributed by atoms with E-state index < -0.39 is 4.92 Å². The molecule has 8 nitrogen and oxygen atoms in total. The van der Waals surface area contributed by atoms with Crippen LogP contribution in [0.1, 0.15) is 27.8 Å². The molecule has 3 rings (SSSR count). The summed E-state index contributed by atoms with van der Waals surface area (Å²) in [5.41, 5.74) is 7.37. The summed E-state index contributed by atoms with van der Waals surface area (Å²) in [6.07, 6.45) is 1.79. The highest BCUT2D eigenvalue weighted by molar-refractivity contribution is 14.1. The molecule has 34 heavy (non-hydrogen) atoms. The standard InChI is InChI=1S/C25H24IN3O5/c1-16-4-5-19(10-17(16)2)13-24(30)28-27-14-20-11-22(26)25(23(12-20)33-3)34-15-18-6-8-21(9-7-18)29(31)32/h4-12,14H,13,15H2,1-3H3,(H,28,30)/b27-14-. The third-order valence-electron chi connectivity index (χ3n) is 5.12. The molecule has 0 heterocycles. The second-order valence-corrected chi connectivity index (χ2v) is 8.80. The number of nitrogens with one attached hydrogen (secondary N) is 1. The fourth-order valence-corrected chi connectivity index (χ4v) is 3.92. The van der Waals surface area contributed by atoms with Crippen LogP contribution in [0.3, 0.4) is 0 Å². The summed E-state index contributed by atoms with van der Waals surface area (Å²) in [6.45, 7) is 4.28. The number of benzene rings is 3. The molecule has 0 saturated carbocycles. The highest BCUT2D eigenvalue weighted by atomic mass is 127. The van der Waals surface area contributed by atoms with Crippen molar-refractivity contribution in [1.29, 1.82) is 0 Å². The van der Waals surface area contributed by atoms with Crippen LogP contribution in [0.15, 0.2) is 59.7 Å². The average Bonchev–Trinajstić information content (AvgIpc) is 2.80. The van der Waals surface area contributed by atoms with E-state index in [2.05, 4.69) is 33.1 Å². The zero-order valence-corrected chi connectivity index (χ0v) is 21.2. The van der Waals surface area contributed by atoms with Gasteiger partial charge in [-0.05, 0) is 88.5 Å². The lowest BCUT2D eigenvalue weighted by Gasteiger charge is -2.13. The fraction of sp³-hybridized carbons (Fsp3) is 0.200. The van der Waals surface area contributed by atoms with E-state index >= 15 is 0 Å². The van der Waals surface area contributed by atoms with Crippen molar-refractivity contribution in [3.8, 4) is 11.5 Å². The molecule has 0 radical (unpaired) electrons. The van der Waals surface area contributed by atoms with Gasteiger partial charge in [0.25, 0.3) is 5.69 Å². The number of amides is 1. The first-order chi connectivity index (χ1) is 16.3. The van der Waals surface area contributed by atoms with Crippen LogP contribution in [0.25, 0.3) is 0 Å². The molecule has 0 aliphatic carbocycles. The van der Waals surface area contributed by atoms with Gasteiger partial charge in [-0.3, -0.25) is 14.9 Å². The maximum atomic E-state index is 12.2. The molecule has 0 aliphatic rings. The minimum Gasteiger partial charge on any atom is -0.493 e. The van der Waals surface area contributed by atoms with Gasteiger partial charge in [-0.1, -0.05) is 18.2 Å². The van der Waals surface area contributed by atoms with Crippen LogP contribution >= 0.6 is 22.6 Å². The van der Waals surface area contributed by atoms with Crippen molar-refractivity contribution in [2.45, 2.75) is 26.9 Å². The Hall–Kier alpha value is -3.47. The molecule has 3 aromatic carbocycles. The van der Waals surface area contributed by atoms with Gasteiger partial charge in [0.05, 0.1) is 28.2 Å². The van der Waals surface area contributed by atoms with Crippen LogP contribution in [0.5, 0.6) is 11.5 Å². The van der Waals surface area contributed by atoms with Crippen molar-refractivity contribution < 1.29 is 19.2 Å². The summed E-state index contributed by atoms with van der Waals surface area (Å²) in [6, 6.07) is 15.7. The Morgan fingerprint density at radius 2 is 1.79 bits per heavy atom. The Balaban J connectivity index is 1.62. The number of non-ortho nitro benzene ring substituents is 1. The number of aryl methyl sites for hydroxylation is 2. The normalized spacial score (nSPS) is 10.8. The molecule has 3 aromatic rings. The van der Waals surface area contributed by atoms with E-state index in [1.807, 2.05) is 38.1 Å². The van der Waals surface area contributed by atoms with E-state index in [-0.39, 0.29) is 24.6 Å². The van der Waals surface area contributed by atoms with Gasteiger partial charge in [-0.25, -0.2) is 5.43 Å². The number of carbonyl (C=O) groups excluding carboxylic acids is 1. The molecule has 1 amide bonds. The first-order valence-corrected chi connectivity index (χ1v) is 11.5. The van der Waals surface area contributed by atoms with Crippen molar-refractivity contribution >= 4 is 40.4 Å². The van der Waals surface area contributed by atoms with Gasteiger partial charge >= 0.3 is 0 Å². The summed E-state index contributed by atoms with van der Waals surface area (Å²) in [5.74, 6) is 0.860. The number of ether oxygens (including phenoxy) is 2. The van der Waals surface area contributed by atoms with E-state index in [9.17, 15) is 14.9 Å². The van der Waals surface area contributed by atoms with E-state index in [0.717, 1.165) is 25.8 Å². The summed E-state index contributed by atoms with van der Waals surface area (Å²) >= 11 is 2.13. The van der Waals surface area contributed by atoms with Crippen LogP contribution in [0, 0.1) is 27.5 Å². The largest absolute Gasteiger partial charge is 0.493 e. The maximum Gasteiger partial charge on any atom is 0.269 e. The highest BCUT2D eigenvalue weighted by Crippen LogP contribution is 2.34. The Labute approximate surface area is 211 Å². The Kier molecular flexibility index (Phi) is 8.58. The molecule has 0 unspecified atom stereocenters. The van der Waals surface area contributed by atoms with Gasteiger partial charge in [-0.2, -0.15) is 5.10 Å². The summed E-state index contributed by atoms with van der Waals surface area (Å²) < 4.78 is 12.2. The summed E-state index contributed by atoms with van der Waals surface area (Å²) in [7, 11) is 1.54. The zero-order valence-electron chi connectivity index (χ0n) is 19.0. The lowest BCUT2D eigenvalue weighted by Crippen LogP contribution is -2.19. The van der Waals surface area contributed by atoms with E-state index in [0.29, 0.717) is 11.5 Å². The van der Waals surface area contributed by atoms with Gasteiger partial charge in [0.2, 0.25) is 5.91 Å². The number of hydrogen-bond acceptors (Lipinski definition) is 6. The molecular weight excluding hydrogens is 549 g/mol. The number of hydrogen-bond donors (Lipinski definition) is 1. The van der Waals surface area contributed by atoms with Crippen LogP contribution < -0.4 is 14.9 Å². The topological polar surface area (TPSA) is 103 Å². The number of nitrogens with zero attached hydrogens (tertiary/aromatic N) is 2. The molecule has 176 valence electrons. The molecule has 0 atom stereocenters. The smallest absolute Gasteiger partial charge is 0.269 e. The SMILES string of the molecule is COc1cc(/C=N\NC(=O)Cc2ccc(C)c(C)c2)cc(I)c1OCc1ccc([N+](=O)[O-])cc1. The first-order valence-electron chi connectivity index (χ1n) is 10.4. The minimum atomic E-state index is -0.442. The van der Waals surface area contributed by atoms with E-state index in [1.54, 1.807) is 24.4 Å². The monoisotopic (exact) mass is 573 g/mol. The third-order valence-corrected chi connectivity index (χ3v) is 5.92. The summed E-state index contributed by atoms with van der Waals surface area (Å²) in [4.78, 5) is 22.6. The van der Waals surface area contributed by atoms with E-state index in [4.69, 9.17) is 9.47 Å². The van der Waals surface area contributed by atoms with Gasteiger partial charge < -0.3 is 9.47 Å². The number of methoxy groups -OCH3 is 1. The molecule has 0 saturated heterocycles. The quantitative estimate of drug-likeness (QED) is 0.166. The van der Waals surface area contributed by atoms with Crippen molar-refractivity contribution in [3.63, 3.8) is 0 Å².